The van der Waals surface area contributed by atoms with Gasteiger partial charge in [0.15, 0.2) is 6.10 Å². The average molecular weight is 268 g/mol. The van der Waals surface area contributed by atoms with Crippen molar-refractivity contribution < 1.29 is 14.6 Å². The van der Waals surface area contributed by atoms with E-state index < -0.39 is 17.7 Å². The van der Waals surface area contributed by atoms with Gasteiger partial charge >= 0.3 is 5.97 Å². The van der Waals surface area contributed by atoms with E-state index >= 15 is 0 Å². The first kappa shape index (κ1) is 12.9. The molecule has 0 spiro atoms. The number of carboxylic acid groups (broad SMARTS) is 1. The fraction of sp³-hybridized carbons (Fsp3) is 0.235. The first-order valence-corrected chi connectivity index (χ1v) is 6.68. The summed E-state index contributed by atoms with van der Waals surface area (Å²) in [5.41, 5.74) is 1.61. The van der Waals surface area contributed by atoms with E-state index in [2.05, 4.69) is 0 Å². The second-order valence-corrected chi connectivity index (χ2v) is 5.23. The van der Waals surface area contributed by atoms with Crippen LogP contribution in [0.4, 0.5) is 0 Å². The summed E-state index contributed by atoms with van der Waals surface area (Å²) < 4.78 is 5.57. The van der Waals surface area contributed by atoms with Crippen LogP contribution < -0.4 is 0 Å². The van der Waals surface area contributed by atoms with Crippen molar-refractivity contribution in [3.63, 3.8) is 0 Å². The molecule has 1 atom stereocenters. The maximum atomic E-state index is 11.2. The number of ether oxygens (including phenoxy) is 1. The van der Waals surface area contributed by atoms with Crippen molar-refractivity contribution in [3.05, 3.63) is 71.8 Å². The summed E-state index contributed by atoms with van der Waals surface area (Å²) in [6.45, 7) is 0. The van der Waals surface area contributed by atoms with E-state index in [1.54, 1.807) is 0 Å². The summed E-state index contributed by atoms with van der Waals surface area (Å²) >= 11 is 0. The molecule has 3 rings (SSSR count). The van der Waals surface area contributed by atoms with Gasteiger partial charge in [-0.3, -0.25) is 0 Å². The van der Waals surface area contributed by atoms with Crippen molar-refractivity contribution in [2.75, 3.05) is 0 Å². The summed E-state index contributed by atoms with van der Waals surface area (Å²) in [5, 5.41) is 9.22. The Kier molecular flexibility index (Phi) is 3.28. The smallest absolute Gasteiger partial charge is 0.335 e. The largest absolute Gasteiger partial charge is 0.479 e. The van der Waals surface area contributed by atoms with Gasteiger partial charge in [0.25, 0.3) is 0 Å². The molecular weight excluding hydrogens is 252 g/mol. The number of rotatable bonds is 5. The molecule has 1 heterocycles. The molecule has 1 fully saturated rings. The van der Waals surface area contributed by atoms with Gasteiger partial charge in [0.1, 0.15) is 5.60 Å². The fourth-order valence-corrected chi connectivity index (χ4v) is 2.69. The molecule has 3 nitrogen and oxygen atoms in total. The Hall–Kier alpha value is -2.13. The van der Waals surface area contributed by atoms with Gasteiger partial charge in [0.2, 0.25) is 0 Å². The number of hydrogen-bond donors (Lipinski definition) is 1. The fourth-order valence-electron chi connectivity index (χ4n) is 2.69. The van der Waals surface area contributed by atoms with E-state index in [0.29, 0.717) is 12.8 Å². The molecule has 20 heavy (non-hydrogen) atoms. The summed E-state index contributed by atoms with van der Waals surface area (Å²) in [6, 6.07) is 19.8. The van der Waals surface area contributed by atoms with E-state index in [4.69, 9.17) is 4.74 Å². The number of carboxylic acids is 1. The second-order valence-electron chi connectivity index (χ2n) is 5.23. The number of epoxide rings is 1. The molecule has 2 aromatic rings. The monoisotopic (exact) mass is 268 g/mol. The third-order valence-corrected chi connectivity index (χ3v) is 3.69. The van der Waals surface area contributed by atoms with Crippen LogP contribution in [0.1, 0.15) is 11.1 Å². The molecule has 0 amide bonds. The maximum absolute atomic E-state index is 11.2. The number of aliphatic carboxylic acids is 1. The molecule has 102 valence electrons. The molecule has 0 aromatic heterocycles. The molecular formula is C17H16O3. The van der Waals surface area contributed by atoms with Gasteiger partial charge in [-0.15, -0.1) is 0 Å². The predicted molar refractivity (Wildman–Crippen MR) is 75.5 cm³/mol. The van der Waals surface area contributed by atoms with Gasteiger partial charge in [-0.25, -0.2) is 4.79 Å². The third-order valence-electron chi connectivity index (χ3n) is 3.69. The Morgan fingerprint density at radius 3 is 1.75 bits per heavy atom. The molecule has 1 N–H and O–H groups in total. The van der Waals surface area contributed by atoms with Gasteiger partial charge in [-0.2, -0.15) is 0 Å². The van der Waals surface area contributed by atoms with E-state index in [9.17, 15) is 9.90 Å². The highest BCUT2D eigenvalue weighted by atomic mass is 16.6. The molecule has 0 bridgehead atoms. The molecule has 0 aliphatic carbocycles. The van der Waals surface area contributed by atoms with Crippen LogP contribution in [0.2, 0.25) is 0 Å². The van der Waals surface area contributed by atoms with Crippen LogP contribution in [0, 0.1) is 0 Å². The lowest BCUT2D eigenvalue weighted by molar-refractivity contribution is -0.138. The zero-order valence-electron chi connectivity index (χ0n) is 11.0. The quantitative estimate of drug-likeness (QED) is 0.848. The maximum Gasteiger partial charge on any atom is 0.335 e. The SMILES string of the molecule is O=C(O)C1OC1(Cc1ccccc1)Cc1ccccc1. The molecule has 0 saturated carbocycles. The van der Waals surface area contributed by atoms with Crippen molar-refractivity contribution in [2.45, 2.75) is 24.5 Å². The van der Waals surface area contributed by atoms with Crippen LogP contribution >= 0.6 is 0 Å². The minimum atomic E-state index is -0.878. The molecule has 2 aromatic carbocycles. The van der Waals surface area contributed by atoms with E-state index in [1.165, 1.54) is 0 Å². The Bertz CT molecular complexity index is 551. The van der Waals surface area contributed by atoms with Crippen molar-refractivity contribution in [2.24, 2.45) is 0 Å². The van der Waals surface area contributed by atoms with Crippen molar-refractivity contribution in [1.82, 2.24) is 0 Å². The van der Waals surface area contributed by atoms with Crippen LogP contribution in [0.5, 0.6) is 0 Å². The lowest BCUT2D eigenvalue weighted by atomic mass is 9.89. The highest BCUT2D eigenvalue weighted by molar-refractivity contribution is 5.77. The van der Waals surface area contributed by atoms with Crippen LogP contribution in [0.25, 0.3) is 0 Å². The van der Waals surface area contributed by atoms with Gasteiger partial charge in [-0.1, -0.05) is 60.7 Å². The van der Waals surface area contributed by atoms with Gasteiger partial charge in [0.05, 0.1) is 0 Å². The Morgan fingerprint density at radius 2 is 1.40 bits per heavy atom. The summed E-state index contributed by atoms with van der Waals surface area (Å²) in [4.78, 5) is 11.2. The molecule has 1 unspecified atom stereocenters. The van der Waals surface area contributed by atoms with Crippen LogP contribution in [-0.2, 0) is 22.4 Å². The van der Waals surface area contributed by atoms with Crippen LogP contribution in [-0.4, -0.2) is 22.8 Å². The van der Waals surface area contributed by atoms with E-state index in [0.717, 1.165) is 11.1 Å². The average Bonchev–Trinajstić information content (AvgIpc) is 3.15. The lowest BCUT2D eigenvalue weighted by Crippen LogP contribution is -2.26. The van der Waals surface area contributed by atoms with Gasteiger partial charge in [-0.05, 0) is 11.1 Å². The van der Waals surface area contributed by atoms with E-state index in [-0.39, 0.29) is 0 Å². The topological polar surface area (TPSA) is 49.8 Å². The zero-order chi connectivity index (χ0) is 14.0. The highest BCUT2D eigenvalue weighted by Crippen LogP contribution is 2.42. The Morgan fingerprint density at radius 1 is 0.950 bits per heavy atom. The normalized spacial score (nSPS) is 19.5. The predicted octanol–water partition coefficient (Wildman–Crippen LogP) is 2.69. The molecule has 0 radical (unpaired) electrons. The van der Waals surface area contributed by atoms with Crippen molar-refractivity contribution in [1.29, 1.82) is 0 Å². The zero-order valence-corrected chi connectivity index (χ0v) is 11.0. The number of carbonyl (C=O) groups is 1. The first-order valence-electron chi connectivity index (χ1n) is 6.68. The standard InChI is InChI=1S/C17H16O3/c18-16(19)15-17(20-15,11-13-7-3-1-4-8-13)12-14-9-5-2-6-10-14/h1-10,15H,11-12H2,(H,18,19). The van der Waals surface area contributed by atoms with Gasteiger partial charge in [0, 0.05) is 12.8 Å². The number of benzene rings is 2. The Balaban J connectivity index is 1.82. The third kappa shape index (κ3) is 2.58. The molecule has 1 aliphatic heterocycles. The van der Waals surface area contributed by atoms with Crippen LogP contribution in [0.3, 0.4) is 0 Å². The van der Waals surface area contributed by atoms with E-state index in [1.807, 2.05) is 60.7 Å². The van der Waals surface area contributed by atoms with Crippen molar-refractivity contribution in [3.8, 4) is 0 Å². The second kappa shape index (κ2) is 5.10. The molecule has 3 heteroatoms. The Labute approximate surface area is 117 Å². The first-order chi connectivity index (χ1) is 9.70. The summed E-state index contributed by atoms with van der Waals surface area (Å²) in [6.07, 6.45) is 0.544. The van der Waals surface area contributed by atoms with Crippen molar-refractivity contribution >= 4 is 5.97 Å². The highest BCUT2D eigenvalue weighted by Gasteiger charge is 2.60. The minimum absolute atomic E-state index is 0.603. The minimum Gasteiger partial charge on any atom is -0.479 e. The number of hydrogen-bond acceptors (Lipinski definition) is 2. The lowest BCUT2D eigenvalue weighted by Gasteiger charge is -2.12. The van der Waals surface area contributed by atoms with Gasteiger partial charge < -0.3 is 9.84 Å². The summed E-state index contributed by atoms with van der Waals surface area (Å²) in [5.74, 6) is -0.878. The van der Waals surface area contributed by atoms with Crippen LogP contribution in [0.15, 0.2) is 60.7 Å². The summed E-state index contributed by atoms with van der Waals surface area (Å²) in [7, 11) is 0. The molecule has 1 saturated heterocycles. The molecule has 1 aliphatic rings.